The molecule has 0 amide bonds. The Labute approximate surface area is 147 Å². The first-order valence-corrected chi connectivity index (χ1v) is 9.57. The number of sulfonamides is 1. The second-order valence-corrected chi connectivity index (χ2v) is 7.58. The van der Waals surface area contributed by atoms with Gasteiger partial charge in [-0.2, -0.15) is 0 Å². The smallest absolute Gasteiger partial charge is 0.241 e. The molecule has 0 bridgehead atoms. The molecule has 0 aliphatic carbocycles. The third-order valence-electron chi connectivity index (χ3n) is 4.19. The zero-order chi connectivity index (χ0) is 17.9. The molecule has 1 atom stereocenters. The number of rotatable bonds is 6. The van der Waals surface area contributed by atoms with Gasteiger partial charge in [-0.3, -0.25) is 4.98 Å². The molecule has 3 rings (SSSR count). The molecule has 1 unspecified atom stereocenters. The predicted octanol–water partition coefficient (Wildman–Crippen LogP) is 3.16. The van der Waals surface area contributed by atoms with Gasteiger partial charge in [0, 0.05) is 23.8 Å². The Morgan fingerprint density at radius 2 is 1.84 bits per heavy atom. The topological polar surface area (TPSA) is 79.3 Å². The molecular formula is C19H20N2O3S. The Morgan fingerprint density at radius 3 is 2.52 bits per heavy atom. The second kappa shape index (κ2) is 7.31. The Kier molecular flexibility index (Phi) is 5.13. The number of benzene rings is 2. The zero-order valence-electron chi connectivity index (χ0n) is 13.9. The lowest BCUT2D eigenvalue weighted by Gasteiger charge is -2.18. The molecule has 3 aromatic rings. The normalized spacial score (nSPS) is 13.0. The molecule has 2 N–H and O–H groups in total. The number of pyridine rings is 1. The van der Waals surface area contributed by atoms with Gasteiger partial charge in [-0.25, -0.2) is 13.1 Å². The van der Waals surface area contributed by atoms with Gasteiger partial charge < -0.3 is 5.11 Å². The maximum atomic E-state index is 12.8. The standard InChI is InChI=1S/C19H20N2O3S/c1-2-19(15-5-3-14(13-22)4-6-15)21-25(23,24)18-8-7-17-12-20-10-9-16(17)11-18/h3-12,19,21-22H,2,13H2,1H3. The van der Waals surface area contributed by atoms with Crippen LogP contribution in [-0.2, 0) is 16.6 Å². The van der Waals surface area contributed by atoms with Crippen molar-refractivity contribution in [2.45, 2.75) is 30.9 Å². The quantitative estimate of drug-likeness (QED) is 0.711. The van der Waals surface area contributed by atoms with Crippen LogP contribution < -0.4 is 4.72 Å². The van der Waals surface area contributed by atoms with E-state index in [1.807, 2.05) is 19.1 Å². The van der Waals surface area contributed by atoms with E-state index in [4.69, 9.17) is 5.11 Å². The van der Waals surface area contributed by atoms with Gasteiger partial charge in [0.2, 0.25) is 10.0 Å². The molecule has 1 heterocycles. The van der Waals surface area contributed by atoms with Crippen LogP contribution in [0.2, 0.25) is 0 Å². The number of aromatic nitrogens is 1. The van der Waals surface area contributed by atoms with E-state index in [9.17, 15) is 8.42 Å². The maximum absolute atomic E-state index is 12.8. The fourth-order valence-corrected chi connectivity index (χ4v) is 4.07. The van der Waals surface area contributed by atoms with E-state index >= 15 is 0 Å². The number of nitrogens with one attached hydrogen (secondary N) is 1. The number of aliphatic hydroxyl groups is 1. The van der Waals surface area contributed by atoms with E-state index < -0.39 is 10.0 Å². The average molecular weight is 356 g/mol. The van der Waals surface area contributed by atoms with Crippen molar-refractivity contribution in [2.24, 2.45) is 0 Å². The Balaban J connectivity index is 1.89. The van der Waals surface area contributed by atoms with Crippen molar-refractivity contribution in [3.8, 4) is 0 Å². The molecule has 2 aromatic carbocycles. The summed E-state index contributed by atoms with van der Waals surface area (Å²) in [7, 11) is -3.65. The Hall–Kier alpha value is -2.28. The number of fused-ring (bicyclic) bond motifs is 1. The van der Waals surface area contributed by atoms with Crippen molar-refractivity contribution in [2.75, 3.05) is 0 Å². The van der Waals surface area contributed by atoms with Crippen LogP contribution in [0.1, 0.15) is 30.5 Å². The summed E-state index contributed by atoms with van der Waals surface area (Å²) in [5, 5.41) is 10.9. The predicted molar refractivity (Wildman–Crippen MR) is 97.5 cm³/mol. The molecule has 0 radical (unpaired) electrons. The summed E-state index contributed by atoms with van der Waals surface area (Å²) in [5.41, 5.74) is 1.66. The zero-order valence-corrected chi connectivity index (χ0v) is 14.7. The van der Waals surface area contributed by atoms with E-state index in [2.05, 4.69) is 9.71 Å². The monoisotopic (exact) mass is 356 g/mol. The lowest BCUT2D eigenvalue weighted by Crippen LogP contribution is -2.28. The molecule has 6 heteroatoms. The highest BCUT2D eigenvalue weighted by Gasteiger charge is 2.20. The number of hydrogen-bond donors (Lipinski definition) is 2. The van der Waals surface area contributed by atoms with Crippen LogP contribution in [0.4, 0.5) is 0 Å². The highest BCUT2D eigenvalue weighted by Crippen LogP contribution is 2.23. The van der Waals surface area contributed by atoms with Crippen LogP contribution in [0.5, 0.6) is 0 Å². The van der Waals surface area contributed by atoms with Gasteiger partial charge in [0.05, 0.1) is 11.5 Å². The van der Waals surface area contributed by atoms with Gasteiger partial charge in [-0.05, 0) is 41.1 Å². The third kappa shape index (κ3) is 3.87. The SMILES string of the molecule is CCC(NS(=O)(=O)c1ccc2cnccc2c1)c1ccc(CO)cc1. The molecule has 25 heavy (non-hydrogen) atoms. The summed E-state index contributed by atoms with van der Waals surface area (Å²) in [6, 6.07) is 13.8. The molecule has 0 aliphatic rings. The minimum Gasteiger partial charge on any atom is -0.392 e. The number of aliphatic hydroxyl groups excluding tert-OH is 1. The Bertz CT molecular complexity index is 969. The summed E-state index contributed by atoms with van der Waals surface area (Å²) in [6.07, 6.45) is 3.97. The molecule has 0 spiro atoms. The van der Waals surface area contributed by atoms with Crippen LogP contribution in [0.25, 0.3) is 10.8 Å². The van der Waals surface area contributed by atoms with Crippen molar-refractivity contribution in [3.63, 3.8) is 0 Å². The third-order valence-corrected chi connectivity index (χ3v) is 5.66. The minimum absolute atomic E-state index is 0.0330. The molecule has 0 aliphatic heterocycles. The molecule has 0 saturated carbocycles. The first-order chi connectivity index (χ1) is 12.0. The first-order valence-electron chi connectivity index (χ1n) is 8.09. The lowest BCUT2D eigenvalue weighted by molar-refractivity contribution is 0.282. The molecule has 5 nitrogen and oxygen atoms in total. The van der Waals surface area contributed by atoms with Crippen LogP contribution in [0.15, 0.2) is 65.8 Å². The summed E-state index contributed by atoms with van der Waals surface area (Å²) in [6.45, 7) is 1.90. The van der Waals surface area contributed by atoms with Crippen LogP contribution in [0.3, 0.4) is 0 Å². The molecule has 130 valence electrons. The summed E-state index contributed by atoms with van der Waals surface area (Å²) < 4.78 is 28.3. The first kappa shape index (κ1) is 17.5. The molecule has 0 saturated heterocycles. The fourth-order valence-electron chi connectivity index (χ4n) is 2.73. The largest absolute Gasteiger partial charge is 0.392 e. The fraction of sp³-hybridized carbons (Fsp3) is 0.211. The highest BCUT2D eigenvalue weighted by atomic mass is 32.2. The van der Waals surface area contributed by atoms with Crippen molar-refractivity contribution < 1.29 is 13.5 Å². The lowest BCUT2D eigenvalue weighted by atomic mass is 10.0. The van der Waals surface area contributed by atoms with E-state index in [0.29, 0.717) is 6.42 Å². The van der Waals surface area contributed by atoms with E-state index in [1.54, 1.807) is 48.8 Å². The van der Waals surface area contributed by atoms with Gasteiger partial charge >= 0.3 is 0 Å². The molecular weight excluding hydrogens is 336 g/mol. The maximum Gasteiger partial charge on any atom is 0.241 e. The van der Waals surface area contributed by atoms with Crippen molar-refractivity contribution in [3.05, 3.63) is 72.1 Å². The van der Waals surface area contributed by atoms with Gasteiger partial charge in [0.15, 0.2) is 0 Å². The van der Waals surface area contributed by atoms with Gasteiger partial charge in [0.25, 0.3) is 0 Å². The molecule has 1 aromatic heterocycles. The van der Waals surface area contributed by atoms with E-state index in [-0.39, 0.29) is 17.5 Å². The van der Waals surface area contributed by atoms with Gasteiger partial charge in [0.1, 0.15) is 0 Å². The van der Waals surface area contributed by atoms with Crippen molar-refractivity contribution in [1.29, 1.82) is 0 Å². The van der Waals surface area contributed by atoms with Crippen LogP contribution in [-0.4, -0.2) is 18.5 Å². The second-order valence-electron chi connectivity index (χ2n) is 5.87. The van der Waals surface area contributed by atoms with Crippen molar-refractivity contribution >= 4 is 20.8 Å². The average Bonchev–Trinajstić information content (AvgIpc) is 2.66. The van der Waals surface area contributed by atoms with Gasteiger partial charge in [-0.1, -0.05) is 37.3 Å². The number of hydrogen-bond acceptors (Lipinski definition) is 4. The van der Waals surface area contributed by atoms with E-state index in [0.717, 1.165) is 21.9 Å². The van der Waals surface area contributed by atoms with Crippen LogP contribution in [0, 0.1) is 0 Å². The summed E-state index contributed by atoms with van der Waals surface area (Å²) >= 11 is 0. The number of nitrogens with zero attached hydrogens (tertiary/aromatic N) is 1. The minimum atomic E-state index is -3.65. The van der Waals surface area contributed by atoms with Gasteiger partial charge in [-0.15, -0.1) is 0 Å². The summed E-state index contributed by atoms with van der Waals surface area (Å²) in [4.78, 5) is 4.27. The molecule has 0 fully saturated rings. The highest BCUT2D eigenvalue weighted by molar-refractivity contribution is 7.89. The van der Waals surface area contributed by atoms with Crippen molar-refractivity contribution in [1.82, 2.24) is 9.71 Å². The van der Waals surface area contributed by atoms with E-state index in [1.165, 1.54) is 0 Å². The summed E-state index contributed by atoms with van der Waals surface area (Å²) in [5.74, 6) is 0. The van der Waals surface area contributed by atoms with Crippen LogP contribution >= 0.6 is 0 Å². The Morgan fingerprint density at radius 1 is 1.08 bits per heavy atom.